The largest absolute Gasteiger partial charge is 0.480 e. The third-order valence-corrected chi connectivity index (χ3v) is 3.64. The summed E-state index contributed by atoms with van der Waals surface area (Å²) in [4.78, 5) is 14.9. The van der Waals surface area contributed by atoms with Crippen molar-refractivity contribution >= 4 is 28.9 Å². The molecule has 4 nitrogen and oxygen atoms in total. The van der Waals surface area contributed by atoms with E-state index in [0.717, 1.165) is 22.7 Å². The van der Waals surface area contributed by atoms with Gasteiger partial charge in [0.25, 0.3) is 0 Å². The number of carbonyl (C=O) groups is 1. The molecule has 0 bridgehead atoms. The van der Waals surface area contributed by atoms with Gasteiger partial charge >= 0.3 is 5.97 Å². The molecule has 2 aromatic rings. The monoisotopic (exact) mass is 296 g/mol. The molecule has 0 spiro atoms. The van der Waals surface area contributed by atoms with Crippen LogP contribution in [0.1, 0.15) is 5.01 Å². The third kappa shape index (κ3) is 4.31. The van der Waals surface area contributed by atoms with Gasteiger partial charge in [-0.2, -0.15) is 0 Å². The van der Waals surface area contributed by atoms with E-state index in [1.54, 1.807) is 11.3 Å². The Balaban J connectivity index is 1.91. The van der Waals surface area contributed by atoms with Crippen LogP contribution in [0.5, 0.6) is 0 Å². The van der Waals surface area contributed by atoms with E-state index < -0.39 is 5.97 Å². The first-order valence-corrected chi connectivity index (χ1v) is 7.04. The van der Waals surface area contributed by atoms with Gasteiger partial charge in [-0.15, -0.1) is 11.3 Å². The van der Waals surface area contributed by atoms with Crippen LogP contribution in [0.4, 0.5) is 0 Å². The molecular weight excluding hydrogens is 284 g/mol. The van der Waals surface area contributed by atoms with Crippen molar-refractivity contribution in [2.45, 2.75) is 6.42 Å². The Hall–Kier alpha value is -1.43. The number of aromatic nitrogens is 1. The number of halogens is 1. The highest BCUT2D eigenvalue weighted by Gasteiger charge is 2.04. The minimum atomic E-state index is -0.846. The lowest BCUT2D eigenvalue weighted by Crippen LogP contribution is -2.24. The summed E-state index contributed by atoms with van der Waals surface area (Å²) in [7, 11) is 0. The molecule has 1 aromatic carbocycles. The molecule has 1 heterocycles. The van der Waals surface area contributed by atoms with Gasteiger partial charge in [0.05, 0.1) is 17.2 Å². The molecule has 1 aromatic heterocycles. The first-order chi connectivity index (χ1) is 9.15. The van der Waals surface area contributed by atoms with E-state index in [-0.39, 0.29) is 6.54 Å². The minimum Gasteiger partial charge on any atom is -0.480 e. The number of nitrogens with one attached hydrogen (secondary N) is 1. The number of benzene rings is 1. The topological polar surface area (TPSA) is 62.2 Å². The van der Waals surface area contributed by atoms with E-state index in [9.17, 15) is 4.79 Å². The predicted molar refractivity (Wildman–Crippen MR) is 76.8 cm³/mol. The Morgan fingerprint density at radius 3 is 2.79 bits per heavy atom. The van der Waals surface area contributed by atoms with E-state index in [4.69, 9.17) is 16.7 Å². The van der Waals surface area contributed by atoms with Gasteiger partial charge in [-0.1, -0.05) is 23.7 Å². The summed E-state index contributed by atoms with van der Waals surface area (Å²) in [6.07, 6.45) is 0.728. The molecule has 0 aliphatic heterocycles. The molecule has 0 radical (unpaired) electrons. The highest BCUT2D eigenvalue weighted by atomic mass is 35.5. The second kappa shape index (κ2) is 6.65. The molecule has 0 saturated heterocycles. The molecular formula is C13H13ClN2O2S. The van der Waals surface area contributed by atoms with Crippen molar-refractivity contribution in [3.8, 4) is 11.3 Å². The maximum atomic E-state index is 10.3. The Kier molecular flexibility index (Phi) is 4.90. The predicted octanol–water partition coefficient (Wildman–Crippen LogP) is 2.68. The van der Waals surface area contributed by atoms with Crippen LogP contribution in [0, 0.1) is 0 Å². The number of carboxylic acids is 1. The highest BCUT2D eigenvalue weighted by molar-refractivity contribution is 7.09. The molecule has 0 aliphatic carbocycles. The molecule has 0 aliphatic rings. The van der Waals surface area contributed by atoms with E-state index >= 15 is 0 Å². The number of carboxylic acid groups (broad SMARTS) is 1. The Bertz CT molecular complexity index is 554. The molecule has 0 saturated carbocycles. The van der Waals surface area contributed by atoms with Crippen LogP contribution in [0.3, 0.4) is 0 Å². The quantitative estimate of drug-likeness (QED) is 0.805. The van der Waals surface area contributed by atoms with Gasteiger partial charge in [-0.05, 0) is 12.1 Å². The van der Waals surface area contributed by atoms with Crippen molar-refractivity contribution in [1.29, 1.82) is 0 Å². The summed E-state index contributed by atoms with van der Waals surface area (Å²) in [6, 6.07) is 7.54. The van der Waals surface area contributed by atoms with Crippen LogP contribution in [0.15, 0.2) is 29.6 Å². The molecule has 0 atom stereocenters. The molecule has 0 amide bonds. The lowest BCUT2D eigenvalue weighted by Gasteiger charge is -1.99. The number of hydrogen-bond acceptors (Lipinski definition) is 4. The van der Waals surface area contributed by atoms with Gasteiger partial charge in [-0.25, -0.2) is 4.98 Å². The van der Waals surface area contributed by atoms with E-state index in [2.05, 4.69) is 10.3 Å². The van der Waals surface area contributed by atoms with E-state index in [0.29, 0.717) is 11.6 Å². The molecule has 6 heteroatoms. The normalized spacial score (nSPS) is 10.6. The number of rotatable bonds is 6. The van der Waals surface area contributed by atoms with Crippen LogP contribution in [-0.2, 0) is 11.2 Å². The van der Waals surface area contributed by atoms with E-state index in [1.807, 2.05) is 29.6 Å². The van der Waals surface area contributed by atoms with Crippen molar-refractivity contribution in [1.82, 2.24) is 10.3 Å². The molecule has 2 rings (SSSR count). The average molecular weight is 297 g/mol. The Morgan fingerprint density at radius 1 is 1.37 bits per heavy atom. The second-order valence-corrected chi connectivity index (χ2v) is 5.33. The van der Waals surface area contributed by atoms with Gasteiger partial charge < -0.3 is 10.4 Å². The lowest BCUT2D eigenvalue weighted by atomic mass is 10.2. The van der Waals surface area contributed by atoms with Crippen molar-refractivity contribution in [2.75, 3.05) is 13.1 Å². The fourth-order valence-corrected chi connectivity index (χ4v) is 2.50. The Labute approximate surface area is 120 Å². The second-order valence-electron chi connectivity index (χ2n) is 3.95. The zero-order valence-corrected chi connectivity index (χ0v) is 11.7. The van der Waals surface area contributed by atoms with Gasteiger partial charge in [0.15, 0.2) is 0 Å². The van der Waals surface area contributed by atoms with Crippen molar-refractivity contribution in [3.05, 3.63) is 39.7 Å². The standard InChI is InChI=1S/C13H13ClN2O2S/c14-10-3-1-9(2-4-10)11-8-19-12(16-11)5-6-15-7-13(17)18/h1-4,8,15H,5-7H2,(H,17,18). The van der Waals surface area contributed by atoms with Crippen molar-refractivity contribution in [3.63, 3.8) is 0 Å². The zero-order valence-electron chi connectivity index (χ0n) is 10.1. The number of thiazole rings is 1. The summed E-state index contributed by atoms with van der Waals surface area (Å²) in [5.74, 6) is -0.846. The van der Waals surface area contributed by atoms with Crippen molar-refractivity contribution in [2.24, 2.45) is 0 Å². The maximum Gasteiger partial charge on any atom is 0.317 e. The van der Waals surface area contributed by atoms with Crippen LogP contribution in [0.2, 0.25) is 5.02 Å². The first-order valence-electron chi connectivity index (χ1n) is 5.78. The minimum absolute atomic E-state index is 0.0184. The van der Waals surface area contributed by atoms with Crippen LogP contribution in [0.25, 0.3) is 11.3 Å². The number of aliphatic carboxylic acids is 1. The number of nitrogens with zero attached hydrogens (tertiary/aromatic N) is 1. The maximum absolute atomic E-state index is 10.3. The Morgan fingerprint density at radius 2 is 2.11 bits per heavy atom. The third-order valence-electron chi connectivity index (χ3n) is 2.48. The molecule has 2 N–H and O–H groups in total. The number of hydrogen-bond donors (Lipinski definition) is 2. The highest BCUT2D eigenvalue weighted by Crippen LogP contribution is 2.23. The molecule has 0 fully saturated rings. The zero-order chi connectivity index (χ0) is 13.7. The lowest BCUT2D eigenvalue weighted by molar-refractivity contribution is -0.135. The summed E-state index contributed by atoms with van der Waals surface area (Å²) in [6.45, 7) is 0.593. The van der Waals surface area contributed by atoms with Gasteiger partial charge in [0, 0.05) is 28.9 Å². The SMILES string of the molecule is O=C(O)CNCCc1nc(-c2ccc(Cl)cc2)cs1. The van der Waals surface area contributed by atoms with E-state index in [1.165, 1.54) is 0 Å². The fraction of sp³-hybridized carbons (Fsp3) is 0.231. The summed E-state index contributed by atoms with van der Waals surface area (Å²) in [5, 5.41) is 15.0. The fourth-order valence-electron chi connectivity index (χ4n) is 1.57. The van der Waals surface area contributed by atoms with Crippen LogP contribution < -0.4 is 5.32 Å². The van der Waals surface area contributed by atoms with Crippen molar-refractivity contribution < 1.29 is 9.90 Å². The molecule has 0 unspecified atom stereocenters. The smallest absolute Gasteiger partial charge is 0.317 e. The molecule has 100 valence electrons. The molecule has 19 heavy (non-hydrogen) atoms. The summed E-state index contributed by atoms with van der Waals surface area (Å²) >= 11 is 7.42. The first kappa shape index (κ1) is 14.0. The summed E-state index contributed by atoms with van der Waals surface area (Å²) < 4.78 is 0. The van der Waals surface area contributed by atoms with Gasteiger partial charge in [0.1, 0.15) is 0 Å². The summed E-state index contributed by atoms with van der Waals surface area (Å²) in [5.41, 5.74) is 1.96. The average Bonchev–Trinajstić information content (AvgIpc) is 2.84. The van der Waals surface area contributed by atoms with Crippen LogP contribution >= 0.6 is 22.9 Å². The van der Waals surface area contributed by atoms with Gasteiger partial charge in [-0.3, -0.25) is 4.79 Å². The van der Waals surface area contributed by atoms with Crippen LogP contribution in [-0.4, -0.2) is 29.1 Å². The van der Waals surface area contributed by atoms with Gasteiger partial charge in [0.2, 0.25) is 0 Å².